The molecule has 3 atom stereocenters. The van der Waals surface area contributed by atoms with Crippen LogP contribution < -0.4 is 0 Å². The molecule has 1 spiro atoms. The molecule has 2 aliphatic rings. The van der Waals surface area contributed by atoms with Gasteiger partial charge in [0.1, 0.15) is 0 Å². The lowest BCUT2D eigenvalue weighted by Crippen LogP contribution is -2.48. The molecule has 1 aliphatic heterocycles. The molecule has 0 unspecified atom stereocenters. The van der Waals surface area contributed by atoms with E-state index in [9.17, 15) is 19.7 Å². The molecular formula is C24H17NO5. The standard InChI is InChI=1S/C24H17NO5/c26-22-17-13-7-8-14-18(17)23(27)24(22)19(15-9-3-1-4-10-15)20(25(28)29)21(30-24)16-11-5-2-6-12-16/h1-14,19-21H/t19-,20-,21+/m0/s1. The Morgan fingerprint density at radius 3 is 1.70 bits per heavy atom. The third-order valence-electron chi connectivity index (χ3n) is 6.02. The number of nitrogens with zero attached hydrogens (tertiary/aromatic N) is 1. The fourth-order valence-electron chi connectivity index (χ4n) is 4.76. The largest absolute Gasteiger partial charge is 0.342 e. The first kappa shape index (κ1) is 18.4. The number of rotatable bonds is 3. The molecule has 1 fully saturated rings. The van der Waals surface area contributed by atoms with Crippen LogP contribution in [0.15, 0.2) is 84.9 Å². The van der Waals surface area contributed by atoms with Gasteiger partial charge in [-0.25, -0.2) is 0 Å². The second-order valence-electron chi connectivity index (χ2n) is 7.55. The fourth-order valence-corrected chi connectivity index (χ4v) is 4.76. The molecular weight excluding hydrogens is 382 g/mol. The van der Waals surface area contributed by atoms with Gasteiger partial charge in [0.05, 0.1) is 5.92 Å². The van der Waals surface area contributed by atoms with Crippen LogP contribution in [0.25, 0.3) is 0 Å². The zero-order chi connectivity index (χ0) is 20.9. The molecule has 6 heteroatoms. The van der Waals surface area contributed by atoms with Crippen LogP contribution in [0.3, 0.4) is 0 Å². The maximum atomic E-state index is 13.6. The van der Waals surface area contributed by atoms with Crippen LogP contribution in [0.1, 0.15) is 43.9 Å². The quantitative estimate of drug-likeness (QED) is 0.377. The van der Waals surface area contributed by atoms with Crippen molar-refractivity contribution in [3.8, 4) is 0 Å². The van der Waals surface area contributed by atoms with Crippen LogP contribution in [0, 0.1) is 10.1 Å². The highest BCUT2D eigenvalue weighted by Crippen LogP contribution is 2.55. The molecule has 1 saturated heterocycles. The molecule has 0 bridgehead atoms. The SMILES string of the molecule is O=C1c2ccccc2C(=O)C12O[C@H](c1ccccc1)[C@@H]([N+](=O)[O-])[C@@H]2c1ccccc1. The minimum absolute atomic E-state index is 0.249. The van der Waals surface area contributed by atoms with Crippen molar-refractivity contribution in [2.24, 2.45) is 0 Å². The number of carbonyl (C=O) groups is 2. The van der Waals surface area contributed by atoms with Crippen LogP contribution in [-0.4, -0.2) is 28.1 Å². The van der Waals surface area contributed by atoms with Crippen LogP contribution in [-0.2, 0) is 4.74 Å². The average molecular weight is 399 g/mol. The van der Waals surface area contributed by atoms with Gasteiger partial charge in [-0.2, -0.15) is 0 Å². The molecule has 1 heterocycles. The smallest absolute Gasteiger partial charge is 0.253 e. The van der Waals surface area contributed by atoms with Crippen molar-refractivity contribution in [2.45, 2.75) is 23.7 Å². The summed E-state index contributed by atoms with van der Waals surface area (Å²) in [7, 11) is 0. The predicted molar refractivity (Wildman–Crippen MR) is 108 cm³/mol. The van der Waals surface area contributed by atoms with Gasteiger partial charge in [-0.15, -0.1) is 0 Å². The molecule has 6 nitrogen and oxygen atoms in total. The summed E-state index contributed by atoms with van der Waals surface area (Å²) < 4.78 is 6.20. The summed E-state index contributed by atoms with van der Waals surface area (Å²) in [4.78, 5) is 39.1. The van der Waals surface area contributed by atoms with Gasteiger partial charge >= 0.3 is 0 Å². The van der Waals surface area contributed by atoms with Gasteiger partial charge in [0.2, 0.25) is 17.2 Å². The average Bonchev–Trinajstić information content (AvgIpc) is 3.26. The lowest BCUT2D eigenvalue weighted by molar-refractivity contribution is -0.531. The molecule has 30 heavy (non-hydrogen) atoms. The Labute approximate surface area is 172 Å². The normalized spacial score (nSPS) is 24.2. The van der Waals surface area contributed by atoms with E-state index in [2.05, 4.69) is 0 Å². The number of benzene rings is 3. The summed E-state index contributed by atoms with van der Waals surface area (Å²) in [6.45, 7) is 0. The number of Topliss-reactive ketones (excluding diaryl/α,β-unsaturated/α-hetero) is 2. The Morgan fingerprint density at radius 1 is 0.733 bits per heavy atom. The summed E-state index contributed by atoms with van der Waals surface area (Å²) in [5.74, 6) is -2.07. The molecule has 148 valence electrons. The van der Waals surface area contributed by atoms with Gasteiger partial charge in [-0.1, -0.05) is 84.9 Å². The number of hydrogen-bond acceptors (Lipinski definition) is 5. The van der Waals surface area contributed by atoms with E-state index in [1.165, 1.54) is 0 Å². The van der Waals surface area contributed by atoms with E-state index in [1.807, 2.05) is 0 Å². The summed E-state index contributed by atoms with van der Waals surface area (Å²) >= 11 is 0. The van der Waals surface area contributed by atoms with E-state index in [0.29, 0.717) is 11.1 Å². The highest BCUT2D eigenvalue weighted by Gasteiger charge is 2.71. The number of nitro groups is 1. The minimum atomic E-state index is -1.96. The van der Waals surface area contributed by atoms with Crippen LogP contribution in [0.2, 0.25) is 0 Å². The first-order valence-corrected chi connectivity index (χ1v) is 9.65. The van der Waals surface area contributed by atoms with Crippen LogP contribution in [0.4, 0.5) is 0 Å². The van der Waals surface area contributed by atoms with E-state index >= 15 is 0 Å². The Morgan fingerprint density at radius 2 is 1.20 bits per heavy atom. The maximum absolute atomic E-state index is 13.6. The van der Waals surface area contributed by atoms with Gasteiger partial charge in [0.25, 0.3) is 6.04 Å². The molecule has 3 aromatic carbocycles. The van der Waals surface area contributed by atoms with Gasteiger partial charge < -0.3 is 4.74 Å². The van der Waals surface area contributed by atoms with E-state index in [0.717, 1.165) is 0 Å². The number of hydrogen-bond donors (Lipinski definition) is 0. The van der Waals surface area contributed by atoms with E-state index in [-0.39, 0.29) is 11.1 Å². The molecule has 0 N–H and O–H groups in total. The van der Waals surface area contributed by atoms with Gasteiger partial charge in [0, 0.05) is 16.1 Å². The Balaban J connectivity index is 1.77. The Hall–Kier alpha value is -3.64. The van der Waals surface area contributed by atoms with Crippen molar-refractivity contribution in [3.63, 3.8) is 0 Å². The molecule has 0 aromatic heterocycles. The molecule has 0 saturated carbocycles. The van der Waals surface area contributed by atoms with E-state index in [4.69, 9.17) is 4.74 Å². The summed E-state index contributed by atoms with van der Waals surface area (Å²) in [6, 6.07) is 22.7. The highest BCUT2D eigenvalue weighted by atomic mass is 16.6. The molecule has 1 aliphatic carbocycles. The topological polar surface area (TPSA) is 86.5 Å². The van der Waals surface area contributed by atoms with Crippen molar-refractivity contribution in [2.75, 3.05) is 0 Å². The predicted octanol–water partition coefficient (Wildman–Crippen LogP) is 4.01. The first-order chi connectivity index (χ1) is 14.6. The third kappa shape index (κ3) is 2.40. The van der Waals surface area contributed by atoms with Gasteiger partial charge in [0.15, 0.2) is 6.10 Å². The van der Waals surface area contributed by atoms with E-state index in [1.54, 1.807) is 84.9 Å². The lowest BCUT2D eigenvalue weighted by Gasteiger charge is -2.26. The highest BCUT2D eigenvalue weighted by molar-refractivity contribution is 6.33. The number of ether oxygens (including phenoxy) is 1. The van der Waals surface area contributed by atoms with Crippen molar-refractivity contribution in [3.05, 3.63) is 117 Å². The molecule has 3 aromatic rings. The van der Waals surface area contributed by atoms with Crippen LogP contribution >= 0.6 is 0 Å². The van der Waals surface area contributed by atoms with Crippen molar-refractivity contribution >= 4 is 11.6 Å². The Kier molecular flexibility index (Phi) is 4.11. The second-order valence-corrected chi connectivity index (χ2v) is 7.55. The molecule has 5 rings (SSSR count). The minimum Gasteiger partial charge on any atom is -0.342 e. The zero-order valence-corrected chi connectivity index (χ0v) is 15.8. The van der Waals surface area contributed by atoms with E-state index < -0.39 is 40.2 Å². The van der Waals surface area contributed by atoms with Crippen molar-refractivity contribution in [1.82, 2.24) is 0 Å². The fraction of sp³-hybridized carbons (Fsp3) is 0.167. The first-order valence-electron chi connectivity index (χ1n) is 9.65. The monoisotopic (exact) mass is 399 g/mol. The summed E-state index contributed by atoms with van der Waals surface area (Å²) in [6.07, 6.45) is -1.03. The number of fused-ring (bicyclic) bond motifs is 1. The summed E-state index contributed by atoms with van der Waals surface area (Å²) in [5.41, 5.74) is -0.359. The molecule has 0 amide bonds. The van der Waals surface area contributed by atoms with Gasteiger partial charge in [-0.05, 0) is 11.1 Å². The number of ketones is 2. The van der Waals surface area contributed by atoms with Crippen molar-refractivity contribution < 1.29 is 19.2 Å². The number of carbonyl (C=O) groups excluding carboxylic acids is 2. The Bertz CT molecular complexity index is 1120. The lowest BCUT2D eigenvalue weighted by atomic mass is 9.75. The van der Waals surface area contributed by atoms with Crippen LogP contribution in [0.5, 0.6) is 0 Å². The molecule has 0 radical (unpaired) electrons. The second kappa shape index (κ2) is 6.71. The maximum Gasteiger partial charge on any atom is 0.253 e. The zero-order valence-electron chi connectivity index (χ0n) is 15.8. The summed E-state index contributed by atoms with van der Waals surface area (Å²) in [5, 5.41) is 12.3. The third-order valence-corrected chi connectivity index (χ3v) is 6.02. The van der Waals surface area contributed by atoms with Gasteiger partial charge in [-0.3, -0.25) is 19.7 Å². The van der Waals surface area contributed by atoms with Crippen molar-refractivity contribution in [1.29, 1.82) is 0 Å².